The van der Waals surface area contributed by atoms with Gasteiger partial charge in [-0.25, -0.2) is 0 Å². The minimum absolute atomic E-state index is 0.380. The van der Waals surface area contributed by atoms with Crippen LogP contribution in [0.4, 0.5) is 0 Å². The van der Waals surface area contributed by atoms with Gasteiger partial charge >= 0.3 is 0 Å². The van der Waals surface area contributed by atoms with Crippen LogP contribution in [-0.2, 0) is 0 Å². The van der Waals surface area contributed by atoms with E-state index in [0.29, 0.717) is 5.54 Å². The van der Waals surface area contributed by atoms with Crippen molar-refractivity contribution in [2.24, 2.45) is 23.7 Å². The second-order valence-electron chi connectivity index (χ2n) is 7.41. The molecule has 1 aliphatic carbocycles. The average molecular weight is 223 g/mol. The minimum atomic E-state index is 0.380. The van der Waals surface area contributed by atoms with Crippen LogP contribution >= 0.6 is 0 Å². The third kappa shape index (κ3) is 2.45. The molecule has 0 N–H and O–H groups in total. The Morgan fingerprint density at radius 1 is 1.00 bits per heavy atom. The largest absolute Gasteiger partial charge is 0.298 e. The van der Waals surface area contributed by atoms with E-state index in [9.17, 15) is 0 Å². The molecule has 0 aromatic carbocycles. The van der Waals surface area contributed by atoms with Gasteiger partial charge < -0.3 is 0 Å². The number of rotatable bonds is 1. The van der Waals surface area contributed by atoms with Gasteiger partial charge in [-0.2, -0.15) is 0 Å². The summed E-state index contributed by atoms with van der Waals surface area (Å²) in [4.78, 5) is 2.71. The molecule has 1 heteroatoms. The molecular formula is C15H29N. The lowest BCUT2D eigenvalue weighted by molar-refractivity contribution is 0.163. The van der Waals surface area contributed by atoms with Crippen molar-refractivity contribution in [1.82, 2.24) is 4.90 Å². The highest BCUT2D eigenvalue weighted by Crippen LogP contribution is 2.43. The van der Waals surface area contributed by atoms with E-state index in [1.54, 1.807) is 0 Å². The van der Waals surface area contributed by atoms with Crippen LogP contribution in [0.15, 0.2) is 0 Å². The zero-order valence-electron chi connectivity index (χ0n) is 11.8. The van der Waals surface area contributed by atoms with Gasteiger partial charge in [0.1, 0.15) is 0 Å². The smallest absolute Gasteiger partial charge is 0.0125 e. The summed E-state index contributed by atoms with van der Waals surface area (Å²) in [5.74, 6) is 3.90. The van der Waals surface area contributed by atoms with Gasteiger partial charge in [0.25, 0.3) is 0 Å². The standard InChI is InChI=1S/C15H29N/c1-11(2)12-6-7-13-9-16(15(3,4)5)10-14(13)8-12/h11-14H,6-10H2,1-5H3. The van der Waals surface area contributed by atoms with Gasteiger partial charge in [-0.05, 0) is 63.7 Å². The van der Waals surface area contributed by atoms with Crippen LogP contribution in [0.25, 0.3) is 0 Å². The van der Waals surface area contributed by atoms with Crippen molar-refractivity contribution in [3.05, 3.63) is 0 Å². The molecule has 2 rings (SSSR count). The number of hydrogen-bond donors (Lipinski definition) is 0. The first-order valence-corrected chi connectivity index (χ1v) is 7.13. The molecular weight excluding hydrogens is 194 g/mol. The van der Waals surface area contributed by atoms with E-state index < -0.39 is 0 Å². The molecule has 0 bridgehead atoms. The molecule has 1 nitrogen and oxygen atoms in total. The van der Waals surface area contributed by atoms with Gasteiger partial charge in [-0.1, -0.05) is 13.8 Å². The zero-order chi connectivity index (χ0) is 11.9. The molecule has 2 aliphatic rings. The molecule has 16 heavy (non-hydrogen) atoms. The van der Waals surface area contributed by atoms with Crippen molar-refractivity contribution in [2.45, 2.75) is 59.4 Å². The van der Waals surface area contributed by atoms with Crippen molar-refractivity contribution in [1.29, 1.82) is 0 Å². The van der Waals surface area contributed by atoms with Gasteiger partial charge in [0, 0.05) is 18.6 Å². The van der Waals surface area contributed by atoms with Gasteiger partial charge in [-0.15, -0.1) is 0 Å². The predicted octanol–water partition coefficient (Wildman–Crippen LogP) is 3.79. The number of nitrogens with zero attached hydrogens (tertiary/aromatic N) is 1. The van der Waals surface area contributed by atoms with Crippen molar-refractivity contribution >= 4 is 0 Å². The predicted molar refractivity (Wildman–Crippen MR) is 70.5 cm³/mol. The summed E-state index contributed by atoms with van der Waals surface area (Å²) in [7, 11) is 0. The lowest BCUT2D eigenvalue weighted by atomic mass is 9.72. The Hall–Kier alpha value is -0.0400. The summed E-state index contributed by atoms with van der Waals surface area (Å²) in [6.07, 6.45) is 4.46. The lowest BCUT2D eigenvalue weighted by Gasteiger charge is -2.33. The highest BCUT2D eigenvalue weighted by Gasteiger charge is 2.41. The molecule has 1 saturated carbocycles. The Kier molecular flexibility index (Phi) is 3.36. The van der Waals surface area contributed by atoms with Gasteiger partial charge in [0.2, 0.25) is 0 Å². The first kappa shape index (κ1) is 12.4. The Labute approximate surface area is 102 Å². The second-order valence-corrected chi connectivity index (χ2v) is 7.41. The maximum atomic E-state index is 2.71. The van der Waals surface area contributed by atoms with E-state index >= 15 is 0 Å². The minimum Gasteiger partial charge on any atom is -0.298 e. The first-order valence-electron chi connectivity index (χ1n) is 7.13. The number of likely N-dealkylation sites (tertiary alicyclic amines) is 1. The van der Waals surface area contributed by atoms with Crippen LogP contribution in [0.1, 0.15) is 53.9 Å². The van der Waals surface area contributed by atoms with Crippen molar-refractivity contribution in [2.75, 3.05) is 13.1 Å². The Balaban J connectivity index is 1.96. The summed E-state index contributed by atoms with van der Waals surface area (Å²) in [6, 6.07) is 0. The Morgan fingerprint density at radius 2 is 1.62 bits per heavy atom. The quantitative estimate of drug-likeness (QED) is 0.654. The molecule has 0 amide bonds. The van der Waals surface area contributed by atoms with Gasteiger partial charge in [0.05, 0.1) is 0 Å². The zero-order valence-corrected chi connectivity index (χ0v) is 11.8. The number of fused-ring (bicyclic) bond motifs is 1. The molecule has 0 radical (unpaired) electrons. The van der Waals surface area contributed by atoms with Crippen LogP contribution in [0.3, 0.4) is 0 Å². The lowest BCUT2D eigenvalue weighted by Crippen LogP contribution is -2.39. The molecule has 1 saturated heterocycles. The molecule has 3 unspecified atom stereocenters. The molecule has 94 valence electrons. The Bertz CT molecular complexity index is 238. The summed E-state index contributed by atoms with van der Waals surface area (Å²) in [6.45, 7) is 14.6. The summed E-state index contributed by atoms with van der Waals surface area (Å²) in [5.41, 5.74) is 0.380. The molecule has 3 atom stereocenters. The fourth-order valence-electron chi connectivity index (χ4n) is 3.62. The SMILES string of the molecule is CC(C)C1CCC2CN(C(C)(C)C)CC2C1. The van der Waals surface area contributed by atoms with E-state index in [1.807, 2.05) is 0 Å². The maximum Gasteiger partial charge on any atom is 0.0125 e. The highest BCUT2D eigenvalue weighted by atomic mass is 15.2. The van der Waals surface area contributed by atoms with E-state index in [0.717, 1.165) is 23.7 Å². The topological polar surface area (TPSA) is 3.24 Å². The molecule has 0 aromatic rings. The van der Waals surface area contributed by atoms with Crippen LogP contribution in [-0.4, -0.2) is 23.5 Å². The van der Waals surface area contributed by atoms with Crippen molar-refractivity contribution < 1.29 is 0 Å². The van der Waals surface area contributed by atoms with Crippen LogP contribution in [0.5, 0.6) is 0 Å². The monoisotopic (exact) mass is 223 g/mol. The molecule has 1 aliphatic heterocycles. The molecule has 1 heterocycles. The fraction of sp³-hybridized carbons (Fsp3) is 1.00. The fourth-order valence-corrected chi connectivity index (χ4v) is 3.62. The summed E-state index contributed by atoms with van der Waals surface area (Å²) >= 11 is 0. The highest BCUT2D eigenvalue weighted by molar-refractivity contribution is 4.93. The number of hydrogen-bond acceptors (Lipinski definition) is 1. The Morgan fingerprint density at radius 3 is 2.19 bits per heavy atom. The van der Waals surface area contributed by atoms with E-state index in [1.165, 1.54) is 32.4 Å². The van der Waals surface area contributed by atoms with Gasteiger partial charge in [0.15, 0.2) is 0 Å². The third-order valence-electron chi connectivity index (χ3n) is 4.98. The van der Waals surface area contributed by atoms with Crippen LogP contribution < -0.4 is 0 Å². The summed E-state index contributed by atoms with van der Waals surface area (Å²) < 4.78 is 0. The average Bonchev–Trinajstić information content (AvgIpc) is 2.58. The molecule has 2 fully saturated rings. The van der Waals surface area contributed by atoms with Crippen molar-refractivity contribution in [3.8, 4) is 0 Å². The molecule has 0 aromatic heterocycles. The van der Waals surface area contributed by atoms with Crippen molar-refractivity contribution in [3.63, 3.8) is 0 Å². The molecule has 0 spiro atoms. The third-order valence-corrected chi connectivity index (χ3v) is 4.98. The van der Waals surface area contributed by atoms with E-state index in [2.05, 4.69) is 39.5 Å². The van der Waals surface area contributed by atoms with E-state index in [-0.39, 0.29) is 0 Å². The van der Waals surface area contributed by atoms with Crippen LogP contribution in [0, 0.1) is 23.7 Å². The maximum absolute atomic E-state index is 2.71. The van der Waals surface area contributed by atoms with Crippen LogP contribution in [0.2, 0.25) is 0 Å². The normalized spacial score (nSPS) is 36.8. The summed E-state index contributed by atoms with van der Waals surface area (Å²) in [5, 5.41) is 0. The van der Waals surface area contributed by atoms with Gasteiger partial charge in [-0.3, -0.25) is 4.90 Å². The second kappa shape index (κ2) is 4.33. The van der Waals surface area contributed by atoms with E-state index in [4.69, 9.17) is 0 Å². The first-order chi connectivity index (χ1) is 7.38.